The Labute approximate surface area is 228 Å². The van der Waals surface area contributed by atoms with E-state index in [0.717, 1.165) is 38.5 Å². The lowest BCUT2D eigenvalue weighted by Gasteiger charge is -2.37. The standard InChI is InChI=1S/C28H35FN4O5S/c1-3-4-5-6-15-38-19-9-12-22(23(29)16-19)28(2)17-21(24-13-14-33(31-24)18-7-8-18)25(26(34)30-28)27(35)32-39(36,37)20-10-11-20/h9,12-14,16,18,20H,3-8,10-11,15,17H2,1-2H3,(H,30,34)(H,32,35)/t28-/m0/s1. The van der Waals surface area contributed by atoms with Crippen LogP contribution in [-0.4, -0.2) is 41.9 Å². The predicted molar refractivity (Wildman–Crippen MR) is 144 cm³/mol. The van der Waals surface area contributed by atoms with Crippen molar-refractivity contribution in [1.29, 1.82) is 0 Å². The minimum absolute atomic E-state index is 0.0425. The molecule has 2 N–H and O–H groups in total. The van der Waals surface area contributed by atoms with E-state index in [9.17, 15) is 18.0 Å². The maximum atomic E-state index is 15.4. The topological polar surface area (TPSA) is 119 Å². The third kappa shape index (κ3) is 6.03. The second-order valence-electron chi connectivity index (χ2n) is 11.0. The van der Waals surface area contributed by atoms with Crippen molar-refractivity contribution in [2.45, 2.75) is 88.5 Å². The van der Waals surface area contributed by atoms with E-state index in [2.05, 4.69) is 22.1 Å². The fourth-order valence-electron chi connectivity index (χ4n) is 4.99. The Morgan fingerprint density at radius 3 is 2.64 bits per heavy atom. The second kappa shape index (κ2) is 10.7. The van der Waals surface area contributed by atoms with Crippen LogP contribution < -0.4 is 14.8 Å². The van der Waals surface area contributed by atoms with Crippen molar-refractivity contribution in [3.63, 3.8) is 0 Å². The van der Waals surface area contributed by atoms with Crippen LogP contribution >= 0.6 is 0 Å². The number of sulfonamides is 1. The maximum absolute atomic E-state index is 15.4. The van der Waals surface area contributed by atoms with Crippen LogP contribution in [0.2, 0.25) is 0 Å². The summed E-state index contributed by atoms with van der Waals surface area (Å²) >= 11 is 0. The molecule has 9 nitrogen and oxygen atoms in total. The zero-order valence-electron chi connectivity index (χ0n) is 22.3. The number of hydrogen-bond donors (Lipinski definition) is 2. The number of carbonyl (C=O) groups is 2. The summed E-state index contributed by atoms with van der Waals surface area (Å²) in [5.41, 5.74) is -0.619. The summed E-state index contributed by atoms with van der Waals surface area (Å²) in [6.07, 6.45) is 8.92. The largest absolute Gasteiger partial charge is 0.493 e. The van der Waals surface area contributed by atoms with Crippen molar-refractivity contribution in [1.82, 2.24) is 19.8 Å². The van der Waals surface area contributed by atoms with Crippen molar-refractivity contribution in [2.24, 2.45) is 0 Å². The van der Waals surface area contributed by atoms with Crippen LogP contribution in [0.1, 0.15) is 88.9 Å². The first-order valence-electron chi connectivity index (χ1n) is 13.7. The Bertz CT molecular complexity index is 1410. The van der Waals surface area contributed by atoms with Crippen LogP contribution in [0.5, 0.6) is 5.75 Å². The van der Waals surface area contributed by atoms with Crippen molar-refractivity contribution >= 4 is 27.4 Å². The van der Waals surface area contributed by atoms with Crippen molar-refractivity contribution in [2.75, 3.05) is 6.61 Å². The van der Waals surface area contributed by atoms with Gasteiger partial charge in [-0.25, -0.2) is 17.5 Å². The molecular formula is C28H35FN4O5S. The number of amides is 2. The molecule has 2 amide bonds. The number of rotatable bonds is 12. The highest BCUT2D eigenvalue weighted by Gasteiger charge is 2.44. The lowest BCUT2D eigenvalue weighted by atomic mass is 9.79. The number of ether oxygens (including phenoxy) is 1. The average Bonchev–Trinajstić information content (AvgIpc) is 3.81. The van der Waals surface area contributed by atoms with Gasteiger partial charge in [-0.1, -0.05) is 32.3 Å². The number of nitrogens with zero attached hydrogens (tertiary/aromatic N) is 2. The molecule has 1 atom stereocenters. The molecule has 5 rings (SSSR count). The molecule has 1 aliphatic heterocycles. The molecule has 0 radical (unpaired) electrons. The van der Waals surface area contributed by atoms with Gasteiger partial charge in [-0.3, -0.25) is 14.3 Å². The van der Waals surface area contributed by atoms with Gasteiger partial charge in [0.1, 0.15) is 17.1 Å². The Morgan fingerprint density at radius 2 is 1.97 bits per heavy atom. The first kappa shape index (κ1) is 27.4. The number of unbranched alkanes of at least 4 members (excludes halogenated alkanes) is 3. The molecule has 11 heteroatoms. The van der Waals surface area contributed by atoms with E-state index in [1.807, 2.05) is 0 Å². The monoisotopic (exact) mass is 558 g/mol. The van der Waals surface area contributed by atoms with Gasteiger partial charge in [0.2, 0.25) is 10.0 Å². The minimum Gasteiger partial charge on any atom is -0.493 e. The van der Waals surface area contributed by atoms with Crippen LogP contribution in [0.15, 0.2) is 36.0 Å². The van der Waals surface area contributed by atoms with Crippen LogP contribution in [0.25, 0.3) is 5.57 Å². The highest BCUT2D eigenvalue weighted by atomic mass is 32.2. The Morgan fingerprint density at radius 1 is 1.21 bits per heavy atom. The zero-order valence-corrected chi connectivity index (χ0v) is 23.2. The third-order valence-electron chi connectivity index (χ3n) is 7.51. The summed E-state index contributed by atoms with van der Waals surface area (Å²) in [6.45, 7) is 4.30. The zero-order chi connectivity index (χ0) is 27.8. The van der Waals surface area contributed by atoms with E-state index in [4.69, 9.17) is 4.74 Å². The molecule has 2 fully saturated rings. The molecule has 0 spiro atoms. The number of nitrogens with one attached hydrogen (secondary N) is 2. The molecular weight excluding hydrogens is 523 g/mol. The van der Waals surface area contributed by atoms with Crippen LogP contribution in [0.4, 0.5) is 4.39 Å². The Kier molecular flexibility index (Phi) is 7.54. The highest BCUT2D eigenvalue weighted by molar-refractivity contribution is 7.91. The maximum Gasteiger partial charge on any atom is 0.270 e. The average molecular weight is 559 g/mol. The Balaban J connectivity index is 1.44. The molecule has 1 aromatic heterocycles. The highest BCUT2D eigenvalue weighted by Crippen LogP contribution is 2.41. The predicted octanol–water partition coefficient (Wildman–Crippen LogP) is 4.11. The van der Waals surface area contributed by atoms with E-state index in [-0.39, 0.29) is 29.2 Å². The molecule has 3 aliphatic rings. The second-order valence-corrected chi connectivity index (χ2v) is 12.9. The van der Waals surface area contributed by atoms with Gasteiger partial charge in [-0.2, -0.15) is 5.10 Å². The number of aromatic nitrogens is 2. The number of carbonyl (C=O) groups excluding carboxylic acids is 2. The van der Waals surface area contributed by atoms with E-state index in [0.29, 0.717) is 30.9 Å². The Hall–Kier alpha value is -3.21. The summed E-state index contributed by atoms with van der Waals surface area (Å²) in [5.74, 6) is -1.91. The molecule has 2 aliphatic carbocycles. The molecule has 0 saturated heterocycles. The van der Waals surface area contributed by atoms with Crippen molar-refractivity contribution < 1.29 is 27.1 Å². The van der Waals surface area contributed by atoms with Gasteiger partial charge < -0.3 is 10.1 Å². The molecule has 2 heterocycles. The van der Waals surface area contributed by atoms with E-state index >= 15 is 4.39 Å². The summed E-state index contributed by atoms with van der Waals surface area (Å²) in [4.78, 5) is 26.6. The summed E-state index contributed by atoms with van der Waals surface area (Å²) in [7, 11) is -3.88. The molecule has 39 heavy (non-hydrogen) atoms. The third-order valence-corrected chi connectivity index (χ3v) is 9.33. The fourth-order valence-corrected chi connectivity index (χ4v) is 6.28. The fraction of sp³-hybridized carbons (Fsp3) is 0.536. The smallest absolute Gasteiger partial charge is 0.270 e. The number of benzene rings is 1. The van der Waals surface area contributed by atoms with Gasteiger partial charge in [0.25, 0.3) is 11.8 Å². The van der Waals surface area contributed by atoms with Gasteiger partial charge in [0, 0.05) is 29.8 Å². The van der Waals surface area contributed by atoms with E-state index < -0.39 is 38.4 Å². The molecule has 0 unspecified atom stereocenters. The minimum atomic E-state index is -3.88. The number of hydrogen-bond acceptors (Lipinski definition) is 6. The summed E-state index contributed by atoms with van der Waals surface area (Å²) in [6, 6.07) is 6.54. The molecule has 210 valence electrons. The quantitative estimate of drug-likeness (QED) is 0.299. The lowest BCUT2D eigenvalue weighted by molar-refractivity contribution is -0.124. The van der Waals surface area contributed by atoms with Gasteiger partial charge in [-0.05, 0) is 51.2 Å². The van der Waals surface area contributed by atoms with Gasteiger partial charge in [0.15, 0.2) is 0 Å². The SMILES string of the molecule is CCCCCCOc1ccc([C@]2(C)CC(c3ccn(C4CC4)n3)=C(C(=O)NS(=O)(=O)C3CC3)C(=O)N2)c(F)c1. The first-order valence-corrected chi connectivity index (χ1v) is 15.3. The van der Waals surface area contributed by atoms with Crippen LogP contribution in [0, 0.1) is 5.82 Å². The normalized spacial score (nSPS) is 21.6. The molecule has 2 saturated carbocycles. The first-order chi connectivity index (χ1) is 18.6. The molecule has 0 bridgehead atoms. The van der Waals surface area contributed by atoms with Gasteiger partial charge in [-0.15, -0.1) is 0 Å². The lowest BCUT2D eigenvalue weighted by Crippen LogP contribution is -2.51. The molecule has 2 aromatic rings. The van der Waals surface area contributed by atoms with Gasteiger partial charge >= 0.3 is 0 Å². The van der Waals surface area contributed by atoms with Crippen molar-refractivity contribution in [3.8, 4) is 5.75 Å². The molecule has 1 aromatic carbocycles. The van der Waals surface area contributed by atoms with Crippen LogP contribution in [0.3, 0.4) is 0 Å². The summed E-state index contributed by atoms with van der Waals surface area (Å²) < 4.78 is 50.0. The number of halogens is 1. The van der Waals surface area contributed by atoms with E-state index in [1.54, 1.807) is 36.0 Å². The van der Waals surface area contributed by atoms with Crippen molar-refractivity contribution in [3.05, 3.63) is 53.1 Å². The van der Waals surface area contributed by atoms with Crippen LogP contribution in [-0.2, 0) is 25.2 Å². The van der Waals surface area contributed by atoms with E-state index in [1.165, 1.54) is 6.07 Å². The van der Waals surface area contributed by atoms with Gasteiger partial charge in [0.05, 0.1) is 29.1 Å². The summed E-state index contributed by atoms with van der Waals surface area (Å²) in [5, 5.41) is 6.74.